The third-order valence-corrected chi connectivity index (χ3v) is 2.82. The molecular weight excluding hydrogens is 312 g/mol. The first kappa shape index (κ1) is 17.7. The number of Topliss-reactive ketones (excluding diaryl/α,β-unsaturated/α-hetero) is 1. The molecule has 0 atom stereocenters. The van der Waals surface area contributed by atoms with Crippen molar-refractivity contribution >= 4 is 5.78 Å². The number of carbonyl (C=O) groups excluding carboxylic acids is 1. The van der Waals surface area contributed by atoms with E-state index in [0.717, 1.165) is 11.1 Å². The summed E-state index contributed by atoms with van der Waals surface area (Å²) in [5.41, 5.74) is 2.60. The maximum Gasteiger partial charge on any atom is 2.00 e. The van der Waals surface area contributed by atoms with E-state index in [1.807, 2.05) is 79.7 Å². The molecule has 3 rings (SSSR count). The predicted octanol–water partition coefficient (Wildman–Crippen LogP) is 4.35. The van der Waals surface area contributed by atoms with Crippen LogP contribution in [-0.4, -0.2) is 5.78 Å². The van der Waals surface area contributed by atoms with Crippen LogP contribution in [0.15, 0.2) is 78.9 Å². The summed E-state index contributed by atoms with van der Waals surface area (Å²) in [6, 6.07) is 25.0. The van der Waals surface area contributed by atoms with E-state index in [0.29, 0.717) is 5.56 Å². The molecule has 1 nitrogen and oxygen atoms in total. The van der Waals surface area contributed by atoms with Crippen LogP contribution in [0.4, 0.5) is 0 Å². The molecule has 3 aromatic rings. The van der Waals surface area contributed by atoms with E-state index in [2.05, 4.69) is 11.8 Å². The van der Waals surface area contributed by atoms with Crippen molar-refractivity contribution in [3.8, 4) is 11.8 Å². The fourth-order valence-corrected chi connectivity index (χ4v) is 1.77. The van der Waals surface area contributed by atoms with Gasteiger partial charge in [-0.15, -0.1) is 11.6 Å². The Kier molecular flexibility index (Phi) is 7.71. The second-order valence-electron chi connectivity index (χ2n) is 4.58. The molecule has 0 bridgehead atoms. The SMILES string of the molecule is Cc1cccc(C(=O)C#Cc2ccc[cH-]2)c1.[Fe+2].c1cc[cH-]c1. The molecule has 0 spiro atoms. The van der Waals surface area contributed by atoms with Crippen molar-refractivity contribution in [2.24, 2.45) is 0 Å². The second-order valence-corrected chi connectivity index (χ2v) is 4.58. The van der Waals surface area contributed by atoms with Gasteiger partial charge >= 0.3 is 17.1 Å². The van der Waals surface area contributed by atoms with E-state index in [4.69, 9.17) is 0 Å². The molecule has 0 radical (unpaired) electrons. The van der Waals surface area contributed by atoms with Crippen LogP contribution in [0.25, 0.3) is 0 Å². The Bertz CT molecular complexity index is 708. The third kappa shape index (κ3) is 5.97. The fraction of sp³-hybridized carbons (Fsp3) is 0.0500. The third-order valence-electron chi connectivity index (χ3n) is 2.82. The molecular formula is C20H16FeO. The summed E-state index contributed by atoms with van der Waals surface area (Å²) in [5, 5.41) is 0. The number of ketones is 1. The summed E-state index contributed by atoms with van der Waals surface area (Å²) >= 11 is 0. The number of carbonyl (C=O) groups is 1. The molecule has 0 aliphatic rings. The van der Waals surface area contributed by atoms with Crippen LogP contribution >= 0.6 is 0 Å². The zero-order valence-electron chi connectivity index (χ0n) is 12.3. The summed E-state index contributed by atoms with van der Waals surface area (Å²) in [5.74, 6) is 5.35. The average Bonchev–Trinajstić information content (AvgIpc) is 3.20. The normalized spacial score (nSPS) is 8.59. The molecule has 0 aliphatic carbocycles. The van der Waals surface area contributed by atoms with E-state index in [1.165, 1.54) is 0 Å². The van der Waals surface area contributed by atoms with Gasteiger partial charge in [0.1, 0.15) is 0 Å². The Balaban J connectivity index is 0.000000344. The number of rotatable bonds is 1. The van der Waals surface area contributed by atoms with Gasteiger partial charge in [0.25, 0.3) is 0 Å². The minimum atomic E-state index is -0.134. The fourth-order valence-electron chi connectivity index (χ4n) is 1.77. The molecule has 0 heterocycles. The Labute approximate surface area is 142 Å². The van der Waals surface area contributed by atoms with Crippen LogP contribution < -0.4 is 0 Å². The van der Waals surface area contributed by atoms with E-state index < -0.39 is 0 Å². The van der Waals surface area contributed by atoms with Crippen molar-refractivity contribution in [2.45, 2.75) is 6.92 Å². The summed E-state index contributed by atoms with van der Waals surface area (Å²) < 4.78 is 0. The van der Waals surface area contributed by atoms with Gasteiger partial charge in [-0.2, -0.15) is 42.3 Å². The molecule has 0 unspecified atom stereocenters. The number of aryl methyl sites for hydroxylation is 1. The molecule has 2 heteroatoms. The Morgan fingerprint density at radius 2 is 1.77 bits per heavy atom. The monoisotopic (exact) mass is 328 g/mol. The molecule has 0 saturated carbocycles. The van der Waals surface area contributed by atoms with Crippen LogP contribution in [-0.2, 0) is 17.1 Å². The van der Waals surface area contributed by atoms with E-state index in [-0.39, 0.29) is 22.9 Å². The van der Waals surface area contributed by atoms with Gasteiger partial charge in [-0.25, -0.2) is 12.1 Å². The molecule has 0 aromatic heterocycles. The molecule has 0 N–H and O–H groups in total. The number of benzene rings is 1. The summed E-state index contributed by atoms with van der Waals surface area (Å²) in [4.78, 5) is 11.7. The Morgan fingerprint density at radius 1 is 1.00 bits per heavy atom. The predicted molar refractivity (Wildman–Crippen MR) is 86.5 cm³/mol. The van der Waals surface area contributed by atoms with Crippen molar-refractivity contribution in [3.05, 3.63) is 95.6 Å². The molecule has 0 saturated heterocycles. The van der Waals surface area contributed by atoms with Gasteiger partial charge in [0.05, 0.1) is 0 Å². The van der Waals surface area contributed by atoms with E-state index in [9.17, 15) is 4.79 Å². The first-order valence-electron chi connectivity index (χ1n) is 6.77. The first-order valence-corrected chi connectivity index (χ1v) is 6.77. The smallest absolute Gasteiger partial charge is 0.280 e. The first-order chi connectivity index (χ1) is 10.3. The van der Waals surface area contributed by atoms with Crippen LogP contribution in [0.1, 0.15) is 21.5 Å². The zero-order chi connectivity index (χ0) is 14.9. The maximum absolute atomic E-state index is 11.7. The molecule has 0 aliphatic heterocycles. The van der Waals surface area contributed by atoms with Crippen LogP contribution in [0.2, 0.25) is 0 Å². The van der Waals surface area contributed by atoms with Crippen LogP contribution in [0, 0.1) is 18.8 Å². The summed E-state index contributed by atoms with van der Waals surface area (Å²) in [6.07, 6.45) is 0. The van der Waals surface area contributed by atoms with Crippen LogP contribution in [0.3, 0.4) is 0 Å². The second kappa shape index (κ2) is 9.58. The van der Waals surface area contributed by atoms with Gasteiger partial charge in [0.15, 0.2) is 0 Å². The van der Waals surface area contributed by atoms with E-state index in [1.54, 1.807) is 6.07 Å². The molecule has 22 heavy (non-hydrogen) atoms. The zero-order valence-corrected chi connectivity index (χ0v) is 13.4. The Hall–Kier alpha value is -2.33. The standard InChI is InChI=1S/C15H11O.C5H5.Fe/c1-12-5-4-8-14(11-12)15(16)10-9-13-6-2-3-7-13;1-2-4-5-3-1;/h2-8,11H,1H3;1-5H;/q2*-1;+2. The van der Waals surface area contributed by atoms with Gasteiger partial charge in [-0.3, -0.25) is 4.79 Å². The largest absolute Gasteiger partial charge is 2.00 e. The molecule has 0 fully saturated rings. The summed E-state index contributed by atoms with van der Waals surface area (Å²) in [7, 11) is 0. The van der Waals surface area contributed by atoms with Gasteiger partial charge in [-0.05, 0) is 13.0 Å². The molecule has 3 aromatic carbocycles. The number of hydrogen-bond donors (Lipinski definition) is 0. The Morgan fingerprint density at radius 3 is 2.32 bits per heavy atom. The van der Waals surface area contributed by atoms with Gasteiger partial charge in [0, 0.05) is 5.56 Å². The summed E-state index contributed by atoms with van der Waals surface area (Å²) in [6.45, 7) is 1.96. The van der Waals surface area contributed by atoms with Gasteiger partial charge < -0.3 is 0 Å². The minimum absolute atomic E-state index is 0. The minimum Gasteiger partial charge on any atom is -0.280 e. The van der Waals surface area contributed by atoms with Crippen molar-refractivity contribution in [2.75, 3.05) is 0 Å². The van der Waals surface area contributed by atoms with E-state index >= 15 is 0 Å². The van der Waals surface area contributed by atoms with Crippen molar-refractivity contribution < 1.29 is 21.9 Å². The van der Waals surface area contributed by atoms with Crippen LogP contribution in [0.5, 0.6) is 0 Å². The van der Waals surface area contributed by atoms with Gasteiger partial charge in [0.2, 0.25) is 5.78 Å². The molecule has 0 amide bonds. The molecule has 110 valence electrons. The average molecular weight is 328 g/mol. The quantitative estimate of drug-likeness (QED) is 0.281. The van der Waals surface area contributed by atoms with Crippen molar-refractivity contribution in [1.29, 1.82) is 0 Å². The topological polar surface area (TPSA) is 17.1 Å². The maximum atomic E-state index is 11.7. The number of hydrogen-bond acceptors (Lipinski definition) is 1. The van der Waals surface area contributed by atoms with Crippen molar-refractivity contribution in [1.82, 2.24) is 0 Å². The van der Waals surface area contributed by atoms with Gasteiger partial charge in [-0.1, -0.05) is 29.7 Å². The van der Waals surface area contributed by atoms with Crippen molar-refractivity contribution in [3.63, 3.8) is 0 Å².